The lowest BCUT2D eigenvalue weighted by atomic mass is 9.99. The lowest BCUT2D eigenvalue weighted by molar-refractivity contribution is 0.0696. The normalized spacial score (nSPS) is 10.5. The highest BCUT2D eigenvalue weighted by atomic mass is 16.4. The number of rotatable bonds is 8. The van der Waals surface area contributed by atoms with Crippen LogP contribution in [0.4, 0.5) is 0 Å². The Morgan fingerprint density at radius 2 is 1.65 bits per heavy atom. The number of aromatic carboxylic acids is 1. The van der Waals surface area contributed by atoms with Crippen molar-refractivity contribution >= 4 is 11.8 Å². The average Bonchev–Trinajstić information content (AvgIpc) is 2.56. The molecule has 0 radical (unpaired) electrons. The number of hydrogen-bond acceptors (Lipinski definition) is 2. The zero-order valence-electron chi connectivity index (χ0n) is 13.4. The Morgan fingerprint density at radius 3 is 2.30 bits per heavy atom. The van der Waals surface area contributed by atoms with Gasteiger partial charge in [-0.2, -0.15) is 0 Å². The topological polar surface area (TPSA) is 54.4 Å². The standard InChI is InChI=1S/C20H22O3/c1-2-3-4-6-15-9-11-17(12-10-15)19(21)14-16-7-5-8-18(13-16)20(22)23/h5,7-13H,2-4,6,14H2,1H3,(H,22,23). The van der Waals surface area contributed by atoms with Crippen molar-refractivity contribution in [3.8, 4) is 0 Å². The van der Waals surface area contributed by atoms with Crippen molar-refractivity contribution in [3.63, 3.8) is 0 Å². The van der Waals surface area contributed by atoms with E-state index in [2.05, 4.69) is 6.92 Å². The van der Waals surface area contributed by atoms with Crippen LogP contribution in [-0.2, 0) is 12.8 Å². The molecule has 0 bridgehead atoms. The van der Waals surface area contributed by atoms with Crippen LogP contribution >= 0.6 is 0 Å². The molecule has 0 saturated carbocycles. The van der Waals surface area contributed by atoms with E-state index in [9.17, 15) is 9.59 Å². The summed E-state index contributed by atoms with van der Waals surface area (Å²) in [4.78, 5) is 23.3. The van der Waals surface area contributed by atoms with E-state index in [1.165, 1.54) is 30.9 Å². The second-order valence-electron chi connectivity index (χ2n) is 5.76. The van der Waals surface area contributed by atoms with Gasteiger partial charge in [-0.15, -0.1) is 0 Å². The van der Waals surface area contributed by atoms with Gasteiger partial charge in [0.2, 0.25) is 0 Å². The second kappa shape index (κ2) is 8.28. The number of carboxylic acids is 1. The van der Waals surface area contributed by atoms with Crippen molar-refractivity contribution in [3.05, 3.63) is 70.8 Å². The molecular formula is C20H22O3. The Balaban J connectivity index is 2.00. The molecule has 3 heteroatoms. The fraction of sp³-hybridized carbons (Fsp3) is 0.300. The molecule has 23 heavy (non-hydrogen) atoms. The van der Waals surface area contributed by atoms with Gasteiger partial charge < -0.3 is 5.11 Å². The first kappa shape index (κ1) is 16.9. The van der Waals surface area contributed by atoms with Gasteiger partial charge in [0.1, 0.15) is 0 Å². The van der Waals surface area contributed by atoms with E-state index in [0.29, 0.717) is 5.56 Å². The van der Waals surface area contributed by atoms with Crippen molar-refractivity contribution in [2.45, 2.75) is 39.0 Å². The highest BCUT2D eigenvalue weighted by Crippen LogP contribution is 2.13. The molecular weight excluding hydrogens is 288 g/mol. The van der Waals surface area contributed by atoms with Gasteiger partial charge in [-0.05, 0) is 36.1 Å². The number of carbonyl (C=O) groups is 2. The molecule has 0 heterocycles. The maximum atomic E-state index is 12.3. The fourth-order valence-corrected chi connectivity index (χ4v) is 2.54. The minimum Gasteiger partial charge on any atom is -0.478 e. The van der Waals surface area contributed by atoms with Gasteiger partial charge in [-0.1, -0.05) is 56.2 Å². The number of aryl methyl sites for hydroxylation is 1. The highest BCUT2D eigenvalue weighted by Gasteiger charge is 2.09. The summed E-state index contributed by atoms with van der Waals surface area (Å²) in [6.07, 6.45) is 4.86. The van der Waals surface area contributed by atoms with E-state index in [0.717, 1.165) is 12.0 Å². The first-order chi connectivity index (χ1) is 11.1. The summed E-state index contributed by atoms with van der Waals surface area (Å²) in [6.45, 7) is 2.18. The molecule has 0 aromatic heterocycles. The lowest BCUT2D eigenvalue weighted by Crippen LogP contribution is -2.05. The summed E-state index contributed by atoms with van der Waals surface area (Å²) in [6, 6.07) is 14.3. The largest absolute Gasteiger partial charge is 0.478 e. The Morgan fingerprint density at radius 1 is 0.913 bits per heavy atom. The summed E-state index contributed by atoms with van der Waals surface area (Å²) in [5, 5.41) is 8.99. The van der Waals surface area contributed by atoms with Gasteiger partial charge in [0.15, 0.2) is 5.78 Å². The maximum absolute atomic E-state index is 12.3. The minimum atomic E-state index is -0.976. The zero-order valence-corrected chi connectivity index (χ0v) is 13.4. The lowest BCUT2D eigenvalue weighted by Gasteiger charge is -2.05. The molecule has 0 aliphatic heterocycles. The highest BCUT2D eigenvalue weighted by molar-refractivity contribution is 5.98. The Hall–Kier alpha value is -2.42. The SMILES string of the molecule is CCCCCc1ccc(C(=O)Cc2cccc(C(=O)O)c2)cc1. The third kappa shape index (κ3) is 5.06. The zero-order chi connectivity index (χ0) is 16.7. The van der Waals surface area contributed by atoms with Crippen LogP contribution in [0.5, 0.6) is 0 Å². The Bertz CT molecular complexity index is 672. The molecule has 1 N–H and O–H groups in total. The van der Waals surface area contributed by atoms with Crippen LogP contribution < -0.4 is 0 Å². The average molecular weight is 310 g/mol. The van der Waals surface area contributed by atoms with E-state index in [4.69, 9.17) is 5.11 Å². The van der Waals surface area contributed by atoms with Gasteiger partial charge >= 0.3 is 5.97 Å². The summed E-state index contributed by atoms with van der Waals surface area (Å²) < 4.78 is 0. The molecule has 0 spiro atoms. The minimum absolute atomic E-state index is 0.00708. The van der Waals surface area contributed by atoms with Crippen LogP contribution in [-0.4, -0.2) is 16.9 Å². The van der Waals surface area contributed by atoms with Gasteiger partial charge in [0.05, 0.1) is 5.56 Å². The van der Waals surface area contributed by atoms with Crippen LogP contribution in [0, 0.1) is 0 Å². The molecule has 0 saturated heterocycles. The maximum Gasteiger partial charge on any atom is 0.335 e. The van der Waals surface area contributed by atoms with E-state index >= 15 is 0 Å². The number of benzene rings is 2. The molecule has 0 unspecified atom stereocenters. The van der Waals surface area contributed by atoms with Crippen molar-refractivity contribution in [1.82, 2.24) is 0 Å². The number of ketones is 1. The van der Waals surface area contributed by atoms with Gasteiger partial charge in [-0.25, -0.2) is 4.79 Å². The number of carbonyl (C=O) groups excluding carboxylic acids is 1. The molecule has 0 aliphatic carbocycles. The predicted octanol–water partition coefficient (Wildman–Crippen LogP) is 4.54. The fourth-order valence-electron chi connectivity index (χ4n) is 2.54. The van der Waals surface area contributed by atoms with E-state index in [1.807, 2.05) is 24.3 Å². The Kier molecular flexibility index (Phi) is 6.10. The third-order valence-electron chi connectivity index (χ3n) is 3.88. The van der Waals surface area contributed by atoms with Gasteiger partial charge in [0.25, 0.3) is 0 Å². The van der Waals surface area contributed by atoms with Crippen LogP contribution in [0.15, 0.2) is 48.5 Å². The molecule has 2 rings (SSSR count). The quantitative estimate of drug-likeness (QED) is 0.575. The first-order valence-corrected chi connectivity index (χ1v) is 8.04. The number of Topliss-reactive ketones (excluding diaryl/α,β-unsaturated/α-hetero) is 1. The van der Waals surface area contributed by atoms with Crippen molar-refractivity contribution in [2.75, 3.05) is 0 Å². The van der Waals surface area contributed by atoms with E-state index < -0.39 is 5.97 Å². The molecule has 2 aromatic rings. The summed E-state index contributed by atoms with van der Waals surface area (Å²) in [5.74, 6) is -0.969. The monoisotopic (exact) mass is 310 g/mol. The summed E-state index contributed by atoms with van der Waals surface area (Å²) >= 11 is 0. The van der Waals surface area contributed by atoms with Crippen LogP contribution in [0.25, 0.3) is 0 Å². The third-order valence-corrected chi connectivity index (χ3v) is 3.88. The molecule has 2 aromatic carbocycles. The van der Waals surface area contributed by atoms with Crippen LogP contribution in [0.3, 0.4) is 0 Å². The summed E-state index contributed by atoms with van der Waals surface area (Å²) in [7, 11) is 0. The van der Waals surface area contributed by atoms with Crippen molar-refractivity contribution < 1.29 is 14.7 Å². The van der Waals surface area contributed by atoms with E-state index in [-0.39, 0.29) is 17.8 Å². The smallest absolute Gasteiger partial charge is 0.335 e. The second-order valence-corrected chi connectivity index (χ2v) is 5.76. The van der Waals surface area contributed by atoms with Crippen molar-refractivity contribution in [1.29, 1.82) is 0 Å². The number of carboxylic acid groups (broad SMARTS) is 1. The molecule has 0 aliphatic rings. The summed E-state index contributed by atoms with van der Waals surface area (Å²) in [5.41, 5.74) is 2.86. The van der Waals surface area contributed by atoms with E-state index in [1.54, 1.807) is 18.2 Å². The molecule has 0 atom stereocenters. The van der Waals surface area contributed by atoms with Crippen molar-refractivity contribution in [2.24, 2.45) is 0 Å². The Labute approximate surface area is 137 Å². The molecule has 3 nitrogen and oxygen atoms in total. The first-order valence-electron chi connectivity index (χ1n) is 8.04. The predicted molar refractivity (Wildman–Crippen MR) is 91.1 cm³/mol. The van der Waals surface area contributed by atoms with Gasteiger partial charge in [-0.3, -0.25) is 4.79 Å². The van der Waals surface area contributed by atoms with Crippen LogP contribution in [0.2, 0.25) is 0 Å². The molecule has 120 valence electrons. The number of hydrogen-bond donors (Lipinski definition) is 1. The number of unbranched alkanes of at least 4 members (excludes halogenated alkanes) is 2. The molecule has 0 fully saturated rings. The molecule has 0 amide bonds. The van der Waals surface area contributed by atoms with Crippen LogP contribution in [0.1, 0.15) is 58.0 Å². The van der Waals surface area contributed by atoms with Gasteiger partial charge in [0, 0.05) is 12.0 Å².